The molecule has 3 aromatic rings. The summed E-state index contributed by atoms with van der Waals surface area (Å²) in [5.74, 6) is 1.02. The maximum absolute atomic E-state index is 4.66. The Morgan fingerprint density at radius 1 is 1.29 bits per heavy atom. The second kappa shape index (κ2) is 5.46. The number of benzene rings is 1. The summed E-state index contributed by atoms with van der Waals surface area (Å²) < 4.78 is 1.16. The molecule has 0 aliphatic carbocycles. The maximum atomic E-state index is 4.66. The number of imidazole rings is 1. The third kappa shape index (κ3) is 3.30. The third-order valence-corrected chi connectivity index (χ3v) is 4.86. The number of hydrogen-bond acceptors (Lipinski definition) is 3. The van der Waals surface area contributed by atoms with E-state index in [2.05, 4.69) is 81.6 Å². The van der Waals surface area contributed by atoms with Crippen LogP contribution in [0.25, 0.3) is 11.0 Å². The minimum atomic E-state index is 0.0373. The average Bonchev–Trinajstić information content (AvgIpc) is 3.01. The zero-order chi connectivity index (χ0) is 15.0. The standard InChI is InChI=1S/C16H18BrN3S/c1-16(2,3)15-19-12-5-4-11(7-13(12)20-15)18-8-10-6-14(17)21-9-10/h4-7,9,18H,8H2,1-3H3,(H,19,20). The van der Waals surface area contributed by atoms with E-state index in [4.69, 9.17) is 0 Å². The van der Waals surface area contributed by atoms with Crippen LogP contribution in [0, 0.1) is 0 Å². The normalized spacial score (nSPS) is 12.0. The van der Waals surface area contributed by atoms with E-state index in [1.165, 1.54) is 5.56 Å². The van der Waals surface area contributed by atoms with Gasteiger partial charge in [-0.25, -0.2) is 4.98 Å². The number of aromatic nitrogens is 2. The first kappa shape index (κ1) is 14.6. The van der Waals surface area contributed by atoms with Crippen molar-refractivity contribution >= 4 is 44.0 Å². The maximum Gasteiger partial charge on any atom is 0.112 e. The van der Waals surface area contributed by atoms with Crippen LogP contribution >= 0.6 is 27.3 Å². The van der Waals surface area contributed by atoms with Crippen LogP contribution in [0.5, 0.6) is 0 Å². The number of halogens is 1. The summed E-state index contributed by atoms with van der Waals surface area (Å²) in [6.07, 6.45) is 0. The van der Waals surface area contributed by atoms with Crippen molar-refractivity contribution in [3.8, 4) is 0 Å². The van der Waals surface area contributed by atoms with Crippen LogP contribution < -0.4 is 5.32 Å². The highest BCUT2D eigenvalue weighted by Crippen LogP contribution is 2.25. The van der Waals surface area contributed by atoms with Gasteiger partial charge in [0.2, 0.25) is 0 Å². The molecule has 110 valence electrons. The molecule has 1 aromatic carbocycles. The Morgan fingerprint density at radius 2 is 2.10 bits per heavy atom. The van der Waals surface area contributed by atoms with E-state index in [-0.39, 0.29) is 5.41 Å². The molecule has 0 saturated heterocycles. The van der Waals surface area contributed by atoms with E-state index in [0.717, 1.165) is 32.9 Å². The fourth-order valence-electron chi connectivity index (χ4n) is 2.12. The van der Waals surface area contributed by atoms with Gasteiger partial charge in [-0.1, -0.05) is 20.8 Å². The highest BCUT2D eigenvalue weighted by Gasteiger charge is 2.18. The number of aromatic amines is 1. The van der Waals surface area contributed by atoms with Crippen LogP contribution in [-0.2, 0) is 12.0 Å². The Bertz CT molecular complexity index is 767. The molecule has 0 aliphatic rings. The van der Waals surface area contributed by atoms with Crippen molar-refractivity contribution in [3.05, 3.63) is 44.8 Å². The second-order valence-electron chi connectivity index (χ2n) is 6.18. The lowest BCUT2D eigenvalue weighted by Gasteiger charge is -2.13. The lowest BCUT2D eigenvalue weighted by molar-refractivity contribution is 0.554. The molecule has 2 heterocycles. The minimum absolute atomic E-state index is 0.0373. The van der Waals surface area contributed by atoms with Crippen LogP contribution in [0.3, 0.4) is 0 Å². The number of nitrogens with zero attached hydrogens (tertiary/aromatic N) is 1. The fraction of sp³-hybridized carbons (Fsp3) is 0.312. The van der Waals surface area contributed by atoms with Crippen molar-refractivity contribution in [1.82, 2.24) is 9.97 Å². The summed E-state index contributed by atoms with van der Waals surface area (Å²) >= 11 is 5.20. The highest BCUT2D eigenvalue weighted by atomic mass is 79.9. The van der Waals surface area contributed by atoms with Gasteiger partial charge in [0.15, 0.2) is 0 Å². The van der Waals surface area contributed by atoms with Crippen molar-refractivity contribution in [3.63, 3.8) is 0 Å². The molecule has 0 spiro atoms. The van der Waals surface area contributed by atoms with E-state index in [9.17, 15) is 0 Å². The zero-order valence-corrected chi connectivity index (χ0v) is 14.7. The van der Waals surface area contributed by atoms with Crippen LogP contribution in [0.15, 0.2) is 33.4 Å². The van der Waals surface area contributed by atoms with Crippen molar-refractivity contribution in [2.45, 2.75) is 32.7 Å². The second-order valence-corrected chi connectivity index (χ2v) is 8.47. The Hall–Kier alpha value is -1.33. The molecule has 3 rings (SSSR count). The van der Waals surface area contributed by atoms with Gasteiger partial charge in [0.25, 0.3) is 0 Å². The van der Waals surface area contributed by atoms with Gasteiger partial charge in [-0.2, -0.15) is 0 Å². The number of thiophene rings is 1. The molecule has 0 fully saturated rings. The number of anilines is 1. The predicted molar refractivity (Wildman–Crippen MR) is 94.1 cm³/mol. The van der Waals surface area contributed by atoms with Gasteiger partial charge in [0.05, 0.1) is 14.8 Å². The lowest BCUT2D eigenvalue weighted by Crippen LogP contribution is -2.12. The molecule has 0 saturated carbocycles. The molecule has 2 N–H and O–H groups in total. The molecule has 0 bridgehead atoms. The van der Waals surface area contributed by atoms with Crippen molar-refractivity contribution in [1.29, 1.82) is 0 Å². The number of rotatable bonds is 3. The Balaban J connectivity index is 1.80. The topological polar surface area (TPSA) is 40.7 Å². The first-order valence-electron chi connectivity index (χ1n) is 6.89. The minimum Gasteiger partial charge on any atom is -0.381 e. The number of H-pyrrole nitrogens is 1. The molecule has 3 nitrogen and oxygen atoms in total. The summed E-state index contributed by atoms with van der Waals surface area (Å²) in [6, 6.07) is 8.41. The molecule has 21 heavy (non-hydrogen) atoms. The van der Waals surface area contributed by atoms with Gasteiger partial charge >= 0.3 is 0 Å². The summed E-state index contributed by atoms with van der Waals surface area (Å²) in [5, 5.41) is 5.61. The van der Waals surface area contributed by atoms with Gasteiger partial charge in [-0.15, -0.1) is 11.3 Å². The van der Waals surface area contributed by atoms with E-state index in [0.29, 0.717) is 0 Å². The molecule has 0 amide bonds. The van der Waals surface area contributed by atoms with E-state index < -0.39 is 0 Å². The molecule has 0 atom stereocenters. The SMILES string of the molecule is CC(C)(C)c1nc2ccc(NCc3csc(Br)c3)cc2[nH]1. The van der Waals surface area contributed by atoms with Gasteiger partial charge in [0.1, 0.15) is 5.82 Å². The third-order valence-electron chi connectivity index (χ3n) is 3.31. The summed E-state index contributed by atoms with van der Waals surface area (Å²) in [5.41, 5.74) is 4.52. The first-order chi connectivity index (χ1) is 9.91. The monoisotopic (exact) mass is 363 g/mol. The van der Waals surface area contributed by atoms with E-state index in [1.807, 2.05) is 0 Å². The number of hydrogen-bond donors (Lipinski definition) is 2. The molecular formula is C16H18BrN3S. The molecule has 0 unspecified atom stereocenters. The van der Waals surface area contributed by atoms with Crippen molar-refractivity contribution < 1.29 is 0 Å². The molecule has 2 aromatic heterocycles. The van der Waals surface area contributed by atoms with E-state index in [1.54, 1.807) is 11.3 Å². The van der Waals surface area contributed by atoms with Crippen LogP contribution in [0.4, 0.5) is 5.69 Å². The average molecular weight is 364 g/mol. The van der Waals surface area contributed by atoms with Crippen LogP contribution in [0.2, 0.25) is 0 Å². The molecule has 5 heteroatoms. The quantitative estimate of drug-likeness (QED) is 0.662. The van der Waals surface area contributed by atoms with Gasteiger partial charge in [-0.3, -0.25) is 0 Å². The Kier molecular flexibility index (Phi) is 3.80. The molecule has 0 radical (unpaired) electrons. The predicted octanol–water partition coefficient (Wildman–Crippen LogP) is 5.30. The fourth-order valence-corrected chi connectivity index (χ4v) is 3.33. The van der Waals surface area contributed by atoms with Crippen LogP contribution in [-0.4, -0.2) is 9.97 Å². The van der Waals surface area contributed by atoms with Crippen molar-refractivity contribution in [2.75, 3.05) is 5.32 Å². The Morgan fingerprint density at radius 3 is 2.76 bits per heavy atom. The van der Waals surface area contributed by atoms with Crippen molar-refractivity contribution in [2.24, 2.45) is 0 Å². The summed E-state index contributed by atoms with van der Waals surface area (Å²) in [7, 11) is 0. The largest absolute Gasteiger partial charge is 0.381 e. The van der Waals surface area contributed by atoms with Gasteiger partial charge < -0.3 is 10.3 Å². The van der Waals surface area contributed by atoms with Gasteiger partial charge in [0, 0.05) is 17.6 Å². The zero-order valence-electron chi connectivity index (χ0n) is 12.3. The number of fused-ring (bicyclic) bond motifs is 1. The molecule has 0 aliphatic heterocycles. The van der Waals surface area contributed by atoms with Crippen LogP contribution in [0.1, 0.15) is 32.2 Å². The summed E-state index contributed by atoms with van der Waals surface area (Å²) in [4.78, 5) is 8.08. The number of nitrogens with one attached hydrogen (secondary N) is 2. The highest BCUT2D eigenvalue weighted by molar-refractivity contribution is 9.11. The summed E-state index contributed by atoms with van der Waals surface area (Å²) in [6.45, 7) is 7.32. The van der Waals surface area contributed by atoms with E-state index >= 15 is 0 Å². The van der Waals surface area contributed by atoms with Gasteiger partial charge in [-0.05, 0) is 51.1 Å². The first-order valence-corrected chi connectivity index (χ1v) is 8.56. The lowest BCUT2D eigenvalue weighted by atomic mass is 9.96. The molecular weight excluding hydrogens is 346 g/mol. The smallest absolute Gasteiger partial charge is 0.112 e. The Labute approximate surface area is 136 Å².